The van der Waals surface area contributed by atoms with Gasteiger partial charge in [-0.05, 0) is 46.6 Å². The van der Waals surface area contributed by atoms with E-state index in [2.05, 4.69) is 28.9 Å². The van der Waals surface area contributed by atoms with Gasteiger partial charge in [0.15, 0.2) is 11.5 Å². The highest BCUT2D eigenvalue weighted by Crippen LogP contribution is 2.41. The van der Waals surface area contributed by atoms with Gasteiger partial charge >= 0.3 is 0 Å². The van der Waals surface area contributed by atoms with Crippen LogP contribution in [0.2, 0.25) is 0 Å². The van der Waals surface area contributed by atoms with Crippen molar-refractivity contribution in [2.45, 2.75) is 12.3 Å². The maximum Gasteiger partial charge on any atom is 0.161 e. The molecule has 1 unspecified atom stereocenters. The molecule has 0 saturated carbocycles. The fraction of sp³-hybridized carbons (Fsp3) is 0.286. The molecular formula is C14H14BrClO2S. The molecule has 2 rings (SSSR count). The Balaban J connectivity index is 2.39. The van der Waals surface area contributed by atoms with Crippen molar-refractivity contribution in [2.24, 2.45) is 0 Å². The Kier molecular flexibility index (Phi) is 4.76. The Morgan fingerprint density at radius 2 is 1.84 bits per heavy atom. The molecule has 0 bridgehead atoms. The predicted octanol–water partition coefficient (Wildman–Crippen LogP) is 5.16. The van der Waals surface area contributed by atoms with E-state index < -0.39 is 0 Å². The number of halogens is 2. The molecular weight excluding hydrogens is 348 g/mol. The third-order valence-corrected chi connectivity index (χ3v) is 5.40. The smallest absolute Gasteiger partial charge is 0.161 e. The molecule has 0 N–H and O–H groups in total. The van der Waals surface area contributed by atoms with E-state index in [4.69, 9.17) is 21.1 Å². The van der Waals surface area contributed by atoms with Gasteiger partial charge in [0.25, 0.3) is 0 Å². The van der Waals surface area contributed by atoms with Gasteiger partial charge in [-0.2, -0.15) is 0 Å². The lowest BCUT2D eigenvalue weighted by atomic mass is 10.1. The lowest BCUT2D eigenvalue weighted by Crippen LogP contribution is -1.95. The lowest BCUT2D eigenvalue weighted by Gasteiger charge is -2.13. The van der Waals surface area contributed by atoms with Crippen LogP contribution in [0.15, 0.2) is 28.7 Å². The van der Waals surface area contributed by atoms with Crippen LogP contribution in [0.5, 0.6) is 11.5 Å². The average Bonchev–Trinajstić information content (AvgIpc) is 2.76. The van der Waals surface area contributed by atoms with Crippen molar-refractivity contribution in [3.8, 4) is 11.5 Å². The second-order valence-electron chi connectivity index (χ2n) is 4.05. The third kappa shape index (κ3) is 3.07. The molecule has 0 amide bonds. The number of ether oxygens (including phenoxy) is 2. The first-order chi connectivity index (χ1) is 9.06. The van der Waals surface area contributed by atoms with Gasteiger partial charge in [0.05, 0.1) is 19.6 Å². The number of alkyl halides is 1. The van der Waals surface area contributed by atoms with Gasteiger partial charge in [0.1, 0.15) is 0 Å². The van der Waals surface area contributed by atoms with Crippen LogP contribution in [-0.2, 0) is 0 Å². The van der Waals surface area contributed by atoms with Gasteiger partial charge < -0.3 is 9.47 Å². The minimum absolute atomic E-state index is 0.201. The van der Waals surface area contributed by atoms with E-state index in [9.17, 15) is 0 Å². The number of methoxy groups -OCH3 is 2. The van der Waals surface area contributed by atoms with Crippen LogP contribution in [0.25, 0.3) is 0 Å². The minimum Gasteiger partial charge on any atom is -0.493 e. The number of hydrogen-bond acceptors (Lipinski definition) is 3. The summed E-state index contributed by atoms with van der Waals surface area (Å²) in [5.41, 5.74) is 0.988. The topological polar surface area (TPSA) is 18.5 Å². The molecule has 5 heteroatoms. The monoisotopic (exact) mass is 360 g/mol. The standard InChI is InChI=1S/C14H14BrClO2S/c1-8-6-10(15)14(19-8)13(16)9-4-5-11(17-2)12(7-9)18-3/h4-7,13H,1-3H3. The normalized spacial score (nSPS) is 12.3. The maximum absolute atomic E-state index is 6.56. The molecule has 1 heterocycles. The molecule has 0 aliphatic heterocycles. The molecule has 2 aromatic rings. The van der Waals surface area contributed by atoms with E-state index in [1.165, 1.54) is 4.88 Å². The average molecular weight is 362 g/mol. The van der Waals surface area contributed by atoms with Crippen molar-refractivity contribution >= 4 is 38.9 Å². The zero-order chi connectivity index (χ0) is 14.0. The molecule has 19 heavy (non-hydrogen) atoms. The lowest BCUT2D eigenvalue weighted by molar-refractivity contribution is 0.354. The van der Waals surface area contributed by atoms with Crippen molar-refractivity contribution < 1.29 is 9.47 Å². The van der Waals surface area contributed by atoms with Crippen molar-refractivity contribution in [2.75, 3.05) is 14.2 Å². The maximum atomic E-state index is 6.56. The first kappa shape index (κ1) is 14.7. The van der Waals surface area contributed by atoms with E-state index in [1.54, 1.807) is 25.6 Å². The molecule has 1 atom stereocenters. The van der Waals surface area contributed by atoms with Crippen LogP contribution >= 0.6 is 38.9 Å². The number of benzene rings is 1. The molecule has 1 aromatic carbocycles. The quantitative estimate of drug-likeness (QED) is 0.700. The number of rotatable bonds is 4. The summed E-state index contributed by atoms with van der Waals surface area (Å²) in [4.78, 5) is 2.33. The molecule has 1 aromatic heterocycles. The second-order valence-corrected chi connectivity index (χ2v) is 6.62. The van der Waals surface area contributed by atoms with Crippen LogP contribution < -0.4 is 9.47 Å². The molecule has 0 spiro atoms. The first-order valence-corrected chi connectivity index (χ1v) is 7.73. The first-order valence-electron chi connectivity index (χ1n) is 5.68. The van der Waals surface area contributed by atoms with Gasteiger partial charge in [0.2, 0.25) is 0 Å². The summed E-state index contributed by atoms with van der Waals surface area (Å²) < 4.78 is 11.6. The molecule has 0 saturated heterocycles. The van der Waals surface area contributed by atoms with Crippen molar-refractivity contribution in [1.82, 2.24) is 0 Å². The van der Waals surface area contributed by atoms with E-state index in [1.807, 2.05) is 18.2 Å². The fourth-order valence-corrected chi connectivity index (χ4v) is 4.24. The van der Waals surface area contributed by atoms with Crippen LogP contribution in [0.4, 0.5) is 0 Å². The fourth-order valence-electron chi connectivity index (χ4n) is 1.84. The van der Waals surface area contributed by atoms with Crippen LogP contribution in [0.3, 0.4) is 0 Å². The Labute approximate surface area is 130 Å². The summed E-state index contributed by atoms with van der Waals surface area (Å²) >= 11 is 11.8. The Hall–Kier alpha value is -0.710. The summed E-state index contributed by atoms with van der Waals surface area (Å²) in [6, 6.07) is 7.83. The Bertz CT molecular complexity index is 583. The SMILES string of the molecule is COc1ccc(C(Cl)c2sc(C)cc2Br)cc1OC. The highest BCUT2D eigenvalue weighted by atomic mass is 79.9. The van der Waals surface area contributed by atoms with E-state index in [0.29, 0.717) is 11.5 Å². The zero-order valence-corrected chi connectivity index (χ0v) is 14.0. The molecule has 2 nitrogen and oxygen atoms in total. The van der Waals surface area contributed by atoms with Crippen LogP contribution in [-0.4, -0.2) is 14.2 Å². The van der Waals surface area contributed by atoms with Crippen LogP contribution in [0, 0.1) is 6.92 Å². The van der Waals surface area contributed by atoms with Gasteiger partial charge in [0, 0.05) is 14.2 Å². The minimum atomic E-state index is -0.201. The Morgan fingerprint density at radius 1 is 1.16 bits per heavy atom. The summed E-state index contributed by atoms with van der Waals surface area (Å²) in [5, 5.41) is -0.201. The van der Waals surface area contributed by atoms with E-state index >= 15 is 0 Å². The van der Waals surface area contributed by atoms with Gasteiger partial charge in [-0.1, -0.05) is 6.07 Å². The van der Waals surface area contributed by atoms with Crippen molar-refractivity contribution in [3.63, 3.8) is 0 Å². The third-order valence-electron chi connectivity index (χ3n) is 2.77. The van der Waals surface area contributed by atoms with E-state index in [0.717, 1.165) is 14.9 Å². The van der Waals surface area contributed by atoms with Crippen molar-refractivity contribution in [3.05, 3.63) is 44.1 Å². The van der Waals surface area contributed by atoms with Gasteiger partial charge in [-0.15, -0.1) is 22.9 Å². The van der Waals surface area contributed by atoms with Crippen molar-refractivity contribution in [1.29, 1.82) is 0 Å². The highest BCUT2D eigenvalue weighted by molar-refractivity contribution is 9.10. The number of hydrogen-bond donors (Lipinski definition) is 0. The largest absolute Gasteiger partial charge is 0.493 e. The zero-order valence-electron chi connectivity index (χ0n) is 10.9. The molecule has 0 radical (unpaired) electrons. The summed E-state index contributed by atoms with van der Waals surface area (Å²) in [7, 11) is 3.24. The molecule has 0 aliphatic rings. The summed E-state index contributed by atoms with van der Waals surface area (Å²) in [6.45, 7) is 2.07. The number of thiophene rings is 1. The number of aryl methyl sites for hydroxylation is 1. The van der Waals surface area contributed by atoms with Gasteiger partial charge in [-0.3, -0.25) is 0 Å². The highest BCUT2D eigenvalue weighted by Gasteiger charge is 2.18. The molecule has 0 fully saturated rings. The second kappa shape index (κ2) is 6.16. The predicted molar refractivity (Wildman–Crippen MR) is 84.0 cm³/mol. The summed E-state index contributed by atoms with van der Waals surface area (Å²) in [5.74, 6) is 1.39. The molecule has 0 aliphatic carbocycles. The van der Waals surface area contributed by atoms with E-state index in [-0.39, 0.29) is 5.38 Å². The van der Waals surface area contributed by atoms with Gasteiger partial charge in [-0.25, -0.2) is 0 Å². The summed E-state index contributed by atoms with van der Waals surface area (Å²) in [6.07, 6.45) is 0. The Morgan fingerprint density at radius 3 is 2.37 bits per heavy atom. The van der Waals surface area contributed by atoms with Crippen LogP contribution in [0.1, 0.15) is 20.7 Å². The molecule has 102 valence electrons.